The first-order chi connectivity index (χ1) is 11.9. The molecule has 0 amide bonds. The van der Waals surface area contributed by atoms with Crippen LogP contribution >= 0.6 is 0 Å². The monoisotopic (exact) mass is 347 g/mol. The number of fused-ring (bicyclic) bond motifs is 1. The molecule has 128 valence electrons. The van der Waals surface area contributed by atoms with Crippen molar-refractivity contribution >= 4 is 16.9 Å². The number of aromatic amines is 1. The zero-order valence-corrected chi connectivity index (χ0v) is 12.8. The second kappa shape index (κ2) is 6.43. The molecule has 0 atom stereocenters. The summed E-state index contributed by atoms with van der Waals surface area (Å²) in [6.07, 6.45) is -4.54. The topological polar surface area (TPSA) is 59.2 Å². The standard InChI is InChI=1S/C18H12F3NO3/c19-18(20,21)13-7-3-1-5-11(13)10-25-17(24)15-9-16(23)12-6-2-4-8-14(12)22-15/h1-9H,10H2,(H,22,23). The van der Waals surface area contributed by atoms with Gasteiger partial charge in [0.25, 0.3) is 0 Å². The van der Waals surface area contributed by atoms with Crippen molar-refractivity contribution in [2.24, 2.45) is 0 Å². The van der Waals surface area contributed by atoms with E-state index < -0.39 is 24.3 Å². The summed E-state index contributed by atoms with van der Waals surface area (Å²) in [6.45, 7) is -0.552. The van der Waals surface area contributed by atoms with Crippen molar-refractivity contribution in [3.05, 3.63) is 81.6 Å². The Kier molecular flexibility index (Phi) is 4.31. The van der Waals surface area contributed by atoms with Gasteiger partial charge in [-0.2, -0.15) is 13.2 Å². The lowest BCUT2D eigenvalue weighted by Gasteiger charge is -2.13. The zero-order chi connectivity index (χ0) is 18.0. The van der Waals surface area contributed by atoms with E-state index in [0.717, 1.165) is 12.1 Å². The number of carbonyl (C=O) groups is 1. The van der Waals surface area contributed by atoms with Gasteiger partial charge in [-0.1, -0.05) is 30.3 Å². The van der Waals surface area contributed by atoms with E-state index in [-0.39, 0.29) is 16.7 Å². The van der Waals surface area contributed by atoms with Crippen molar-refractivity contribution in [1.29, 1.82) is 0 Å². The number of hydrogen-bond acceptors (Lipinski definition) is 3. The van der Waals surface area contributed by atoms with E-state index in [4.69, 9.17) is 4.74 Å². The average Bonchev–Trinajstić information content (AvgIpc) is 2.59. The van der Waals surface area contributed by atoms with E-state index in [9.17, 15) is 22.8 Å². The highest BCUT2D eigenvalue weighted by molar-refractivity contribution is 5.90. The van der Waals surface area contributed by atoms with E-state index in [1.165, 1.54) is 18.2 Å². The number of rotatable bonds is 3. The van der Waals surface area contributed by atoms with Crippen molar-refractivity contribution < 1.29 is 22.7 Å². The first kappa shape index (κ1) is 16.8. The Labute approximate surface area is 139 Å². The van der Waals surface area contributed by atoms with Gasteiger partial charge in [-0.25, -0.2) is 4.79 Å². The van der Waals surface area contributed by atoms with Crippen molar-refractivity contribution in [2.75, 3.05) is 0 Å². The minimum absolute atomic E-state index is 0.117. The van der Waals surface area contributed by atoms with Crippen LogP contribution in [0.3, 0.4) is 0 Å². The normalized spacial score (nSPS) is 11.5. The molecule has 0 radical (unpaired) electrons. The number of ether oxygens (including phenoxy) is 1. The molecule has 0 saturated carbocycles. The van der Waals surface area contributed by atoms with Gasteiger partial charge in [0.15, 0.2) is 5.43 Å². The van der Waals surface area contributed by atoms with Crippen LogP contribution in [0.1, 0.15) is 21.6 Å². The lowest BCUT2D eigenvalue weighted by molar-refractivity contribution is -0.138. The van der Waals surface area contributed by atoms with Crippen LogP contribution in [-0.2, 0) is 17.5 Å². The van der Waals surface area contributed by atoms with E-state index in [1.807, 2.05) is 0 Å². The van der Waals surface area contributed by atoms with Gasteiger partial charge in [0.05, 0.1) is 5.56 Å². The van der Waals surface area contributed by atoms with Crippen LogP contribution in [0.15, 0.2) is 59.4 Å². The molecule has 1 aromatic heterocycles. The summed E-state index contributed by atoms with van der Waals surface area (Å²) in [6, 6.07) is 12.5. The van der Waals surface area contributed by atoms with Crippen LogP contribution < -0.4 is 5.43 Å². The maximum absolute atomic E-state index is 12.9. The number of alkyl halides is 3. The summed E-state index contributed by atoms with van der Waals surface area (Å²) in [7, 11) is 0. The first-order valence-corrected chi connectivity index (χ1v) is 7.30. The number of benzene rings is 2. The van der Waals surface area contributed by atoms with Gasteiger partial charge in [-0.05, 0) is 18.2 Å². The van der Waals surface area contributed by atoms with Gasteiger partial charge >= 0.3 is 12.1 Å². The smallest absolute Gasteiger partial charge is 0.416 e. The largest absolute Gasteiger partial charge is 0.456 e. The molecule has 1 heterocycles. The lowest BCUT2D eigenvalue weighted by Crippen LogP contribution is -2.15. The van der Waals surface area contributed by atoms with Gasteiger partial charge in [-0.3, -0.25) is 4.79 Å². The van der Waals surface area contributed by atoms with Crippen LogP contribution in [0.4, 0.5) is 13.2 Å². The number of esters is 1. The fourth-order valence-electron chi connectivity index (χ4n) is 2.45. The summed E-state index contributed by atoms with van der Waals surface area (Å²) in [4.78, 5) is 26.8. The molecular formula is C18H12F3NO3. The molecule has 25 heavy (non-hydrogen) atoms. The summed E-state index contributed by atoms with van der Waals surface area (Å²) >= 11 is 0. The number of aromatic nitrogens is 1. The van der Waals surface area contributed by atoms with Crippen molar-refractivity contribution in [2.45, 2.75) is 12.8 Å². The van der Waals surface area contributed by atoms with Gasteiger partial charge in [0, 0.05) is 22.5 Å². The predicted octanol–water partition coefficient (Wildman–Crippen LogP) is 3.90. The third-order valence-electron chi connectivity index (χ3n) is 3.64. The van der Waals surface area contributed by atoms with Crippen molar-refractivity contribution in [3.63, 3.8) is 0 Å². The molecule has 3 rings (SSSR count). The van der Waals surface area contributed by atoms with E-state index in [1.54, 1.807) is 24.3 Å². The molecule has 0 unspecified atom stereocenters. The number of para-hydroxylation sites is 1. The van der Waals surface area contributed by atoms with E-state index in [0.29, 0.717) is 10.9 Å². The third kappa shape index (κ3) is 3.55. The first-order valence-electron chi connectivity index (χ1n) is 7.30. The Bertz CT molecular complexity index is 993. The lowest BCUT2D eigenvalue weighted by atomic mass is 10.1. The predicted molar refractivity (Wildman–Crippen MR) is 85.1 cm³/mol. The zero-order valence-electron chi connectivity index (χ0n) is 12.8. The van der Waals surface area contributed by atoms with Crippen LogP contribution in [0.25, 0.3) is 10.9 Å². The molecule has 0 aliphatic heterocycles. The number of pyridine rings is 1. The second-order valence-corrected chi connectivity index (χ2v) is 5.32. The molecule has 0 aliphatic carbocycles. The van der Waals surface area contributed by atoms with Gasteiger partial charge in [-0.15, -0.1) is 0 Å². The molecule has 0 aliphatic rings. The maximum atomic E-state index is 12.9. The maximum Gasteiger partial charge on any atom is 0.416 e. The quantitative estimate of drug-likeness (QED) is 0.731. The number of carbonyl (C=O) groups excluding carboxylic acids is 1. The highest BCUT2D eigenvalue weighted by Crippen LogP contribution is 2.32. The SMILES string of the molecule is O=C(OCc1ccccc1C(F)(F)F)c1cc(=O)c2ccccc2[nH]1. The molecule has 0 bridgehead atoms. The summed E-state index contributed by atoms with van der Waals surface area (Å²) in [5.41, 5.74) is -1.08. The molecule has 7 heteroatoms. The summed E-state index contributed by atoms with van der Waals surface area (Å²) < 4.78 is 43.8. The Morgan fingerprint density at radius 3 is 2.48 bits per heavy atom. The summed E-state index contributed by atoms with van der Waals surface area (Å²) in [5.74, 6) is -0.903. The molecule has 1 N–H and O–H groups in total. The van der Waals surface area contributed by atoms with E-state index >= 15 is 0 Å². The molecule has 0 fully saturated rings. The molecule has 0 spiro atoms. The van der Waals surface area contributed by atoms with Crippen LogP contribution in [0.2, 0.25) is 0 Å². The minimum Gasteiger partial charge on any atom is -0.456 e. The Morgan fingerprint density at radius 1 is 1.04 bits per heavy atom. The Hall–Kier alpha value is -3.09. The fraction of sp³-hybridized carbons (Fsp3) is 0.111. The number of halogens is 3. The highest BCUT2D eigenvalue weighted by Gasteiger charge is 2.33. The van der Waals surface area contributed by atoms with Crippen LogP contribution in [0.5, 0.6) is 0 Å². The van der Waals surface area contributed by atoms with Gasteiger partial charge in [0.1, 0.15) is 12.3 Å². The third-order valence-corrected chi connectivity index (χ3v) is 3.64. The van der Waals surface area contributed by atoms with Crippen LogP contribution in [0, 0.1) is 0 Å². The molecule has 3 aromatic rings. The fourth-order valence-corrected chi connectivity index (χ4v) is 2.45. The second-order valence-electron chi connectivity index (χ2n) is 5.32. The molecule has 2 aromatic carbocycles. The summed E-state index contributed by atoms with van der Waals surface area (Å²) in [5, 5.41) is 0.404. The highest BCUT2D eigenvalue weighted by atomic mass is 19.4. The average molecular weight is 347 g/mol. The van der Waals surface area contributed by atoms with Crippen molar-refractivity contribution in [3.8, 4) is 0 Å². The van der Waals surface area contributed by atoms with Gasteiger partial charge in [0.2, 0.25) is 0 Å². The minimum atomic E-state index is -4.54. The number of hydrogen-bond donors (Lipinski definition) is 1. The van der Waals surface area contributed by atoms with Gasteiger partial charge < -0.3 is 9.72 Å². The number of H-pyrrole nitrogens is 1. The molecule has 0 saturated heterocycles. The van der Waals surface area contributed by atoms with E-state index in [2.05, 4.69) is 4.98 Å². The van der Waals surface area contributed by atoms with Crippen LogP contribution in [-0.4, -0.2) is 11.0 Å². The Morgan fingerprint density at radius 2 is 1.72 bits per heavy atom. The molecular weight excluding hydrogens is 335 g/mol. The number of nitrogens with one attached hydrogen (secondary N) is 1. The Balaban J connectivity index is 1.84. The molecule has 4 nitrogen and oxygen atoms in total. The van der Waals surface area contributed by atoms with Crippen molar-refractivity contribution in [1.82, 2.24) is 4.98 Å².